The molecule has 1 amide bonds. The number of sulfonamides is 1. The van der Waals surface area contributed by atoms with Crippen LogP contribution in [0.3, 0.4) is 0 Å². The van der Waals surface area contributed by atoms with Crippen LogP contribution in [0.4, 0.5) is 10.1 Å². The van der Waals surface area contributed by atoms with E-state index in [1.807, 2.05) is 0 Å². The second kappa shape index (κ2) is 7.73. The molecule has 26 heavy (non-hydrogen) atoms. The van der Waals surface area contributed by atoms with Gasteiger partial charge in [0.2, 0.25) is 15.9 Å². The first-order valence-corrected chi connectivity index (χ1v) is 10.0. The number of nitrogens with zero attached hydrogens (tertiary/aromatic N) is 1. The van der Waals surface area contributed by atoms with Gasteiger partial charge in [-0.15, -0.1) is 0 Å². The number of piperidine rings is 1. The molecule has 1 heterocycles. The Labute approximate surface area is 156 Å². The van der Waals surface area contributed by atoms with Gasteiger partial charge in [0.25, 0.3) is 0 Å². The van der Waals surface area contributed by atoms with Crippen molar-refractivity contribution in [1.82, 2.24) is 4.31 Å². The van der Waals surface area contributed by atoms with Crippen molar-refractivity contribution in [3.8, 4) is 0 Å². The standard InChI is InChI=1S/C18H18ClFN2O3S/c19-14-3-9-17(10-4-14)26(24,25)22-11-1-2-13(12-22)18(23)21-16-7-5-15(20)6-8-16/h3-10,13H,1-2,11-12H2,(H,21,23). The van der Waals surface area contributed by atoms with Crippen LogP contribution >= 0.6 is 11.6 Å². The molecule has 0 aliphatic carbocycles. The topological polar surface area (TPSA) is 66.5 Å². The SMILES string of the molecule is O=C(Nc1ccc(F)cc1)C1CCCN(S(=O)(=O)c2ccc(Cl)cc2)C1. The Morgan fingerprint density at radius 2 is 1.77 bits per heavy atom. The van der Waals surface area contributed by atoms with E-state index in [9.17, 15) is 17.6 Å². The van der Waals surface area contributed by atoms with E-state index in [1.54, 1.807) is 0 Å². The molecule has 0 aromatic heterocycles. The van der Waals surface area contributed by atoms with E-state index in [0.29, 0.717) is 30.1 Å². The third-order valence-corrected chi connectivity index (χ3v) is 6.45. The second-order valence-corrected chi connectivity index (χ2v) is 8.53. The van der Waals surface area contributed by atoms with Gasteiger partial charge in [0.15, 0.2) is 0 Å². The van der Waals surface area contributed by atoms with Gasteiger partial charge in [0.05, 0.1) is 10.8 Å². The minimum Gasteiger partial charge on any atom is -0.326 e. The largest absolute Gasteiger partial charge is 0.326 e. The van der Waals surface area contributed by atoms with Crippen molar-refractivity contribution in [2.45, 2.75) is 17.7 Å². The lowest BCUT2D eigenvalue weighted by atomic mass is 9.99. The maximum atomic E-state index is 13.0. The molecule has 1 aliphatic heterocycles. The molecule has 0 bridgehead atoms. The molecule has 2 aromatic carbocycles. The molecule has 1 unspecified atom stereocenters. The van der Waals surface area contributed by atoms with Crippen molar-refractivity contribution in [1.29, 1.82) is 0 Å². The zero-order chi connectivity index (χ0) is 18.7. The first-order chi connectivity index (χ1) is 12.4. The quantitative estimate of drug-likeness (QED) is 0.859. The van der Waals surface area contributed by atoms with Crippen LogP contribution in [0.1, 0.15) is 12.8 Å². The van der Waals surface area contributed by atoms with Crippen LogP contribution < -0.4 is 5.32 Å². The van der Waals surface area contributed by atoms with Gasteiger partial charge in [-0.3, -0.25) is 4.79 Å². The Hall–Kier alpha value is -1.96. The number of rotatable bonds is 4. The maximum Gasteiger partial charge on any atom is 0.243 e. The Balaban J connectivity index is 1.71. The van der Waals surface area contributed by atoms with Crippen LogP contribution in [-0.4, -0.2) is 31.7 Å². The summed E-state index contributed by atoms with van der Waals surface area (Å²) in [6.07, 6.45) is 1.19. The third kappa shape index (κ3) is 4.23. The molecular weight excluding hydrogens is 379 g/mol. The van der Waals surface area contributed by atoms with E-state index in [2.05, 4.69) is 5.32 Å². The summed E-state index contributed by atoms with van der Waals surface area (Å²) in [5.74, 6) is -1.12. The highest BCUT2D eigenvalue weighted by Crippen LogP contribution is 2.25. The Morgan fingerprint density at radius 1 is 1.12 bits per heavy atom. The van der Waals surface area contributed by atoms with Gasteiger partial charge in [-0.2, -0.15) is 4.31 Å². The molecule has 1 atom stereocenters. The summed E-state index contributed by atoms with van der Waals surface area (Å²) in [5.41, 5.74) is 0.481. The summed E-state index contributed by atoms with van der Waals surface area (Å²) in [6, 6.07) is 11.4. The third-order valence-electron chi connectivity index (χ3n) is 4.32. The maximum absolute atomic E-state index is 13.0. The number of nitrogens with one attached hydrogen (secondary N) is 1. The van der Waals surface area contributed by atoms with E-state index >= 15 is 0 Å². The van der Waals surface area contributed by atoms with Crippen molar-refractivity contribution >= 4 is 33.2 Å². The summed E-state index contributed by atoms with van der Waals surface area (Å²) in [5, 5.41) is 3.17. The Morgan fingerprint density at radius 3 is 2.42 bits per heavy atom. The van der Waals surface area contributed by atoms with Gasteiger partial charge in [-0.05, 0) is 61.4 Å². The lowest BCUT2D eigenvalue weighted by molar-refractivity contribution is -0.120. The molecule has 1 N–H and O–H groups in total. The van der Waals surface area contributed by atoms with Crippen LogP contribution in [0.5, 0.6) is 0 Å². The average Bonchev–Trinajstić information content (AvgIpc) is 2.64. The number of benzene rings is 2. The van der Waals surface area contributed by atoms with Crippen molar-refractivity contribution < 1.29 is 17.6 Å². The molecule has 2 aromatic rings. The fourth-order valence-electron chi connectivity index (χ4n) is 2.91. The molecule has 1 fully saturated rings. The van der Waals surface area contributed by atoms with E-state index in [0.717, 1.165) is 0 Å². The summed E-state index contributed by atoms with van der Waals surface area (Å²) in [6.45, 7) is 0.475. The van der Waals surface area contributed by atoms with E-state index in [4.69, 9.17) is 11.6 Å². The summed E-state index contributed by atoms with van der Waals surface area (Å²) < 4.78 is 39.8. The number of amides is 1. The monoisotopic (exact) mass is 396 g/mol. The van der Waals surface area contributed by atoms with Crippen molar-refractivity contribution in [3.05, 3.63) is 59.4 Å². The molecule has 5 nitrogen and oxygen atoms in total. The second-order valence-electron chi connectivity index (χ2n) is 6.15. The molecule has 1 saturated heterocycles. The average molecular weight is 397 g/mol. The number of hydrogen-bond donors (Lipinski definition) is 1. The smallest absolute Gasteiger partial charge is 0.243 e. The minimum absolute atomic E-state index is 0.109. The molecule has 0 radical (unpaired) electrons. The number of carbonyl (C=O) groups is 1. The van der Waals surface area contributed by atoms with Crippen molar-refractivity contribution in [2.75, 3.05) is 18.4 Å². The summed E-state index contributed by atoms with van der Waals surface area (Å²) in [4.78, 5) is 12.6. The molecule has 0 saturated carbocycles. The fourth-order valence-corrected chi connectivity index (χ4v) is 4.56. The highest BCUT2D eigenvalue weighted by molar-refractivity contribution is 7.89. The molecule has 0 spiro atoms. The number of hydrogen-bond acceptors (Lipinski definition) is 3. The first-order valence-electron chi connectivity index (χ1n) is 8.18. The van der Waals surface area contributed by atoms with Gasteiger partial charge in [0.1, 0.15) is 5.82 Å². The normalized spacial score (nSPS) is 18.5. The minimum atomic E-state index is -3.68. The summed E-state index contributed by atoms with van der Waals surface area (Å²) >= 11 is 5.81. The van der Waals surface area contributed by atoms with Crippen LogP contribution in [-0.2, 0) is 14.8 Å². The molecule has 138 valence electrons. The molecule has 1 aliphatic rings. The van der Waals surface area contributed by atoms with E-state index < -0.39 is 15.9 Å². The van der Waals surface area contributed by atoms with Gasteiger partial charge in [-0.25, -0.2) is 12.8 Å². The summed E-state index contributed by atoms with van der Waals surface area (Å²) in [7, 11) is -3.68. The van der Waals surface area contributed by atoms with Crippen LogP contribution in [0, 0.1) is 11.7 Å². The first kappa shape index (κ1) is 18.8. The molecular formula is C18H18ClFN2O3S. The lowest BCUT2D eigenvalue weighted by Crippen LogP contribution is -2.43. The van der Waals surface area contributed by atoms with Crippen molar-refractivity contribution in [2.24, 2.45) is 5.92 Å². The van der Waals surface area contributed by atoms with Crippen LogP contribution in [0.25, 0.3) is 0 Å². The van der Waals surface area contributed by atoms with E-state index in [-0.39, 0.29) is 23.2 Å². The number of carbonyl (C=O) groups excluding carboxylic acids is 1. The molecule has 3 rings (SSSR count). The number of halogens is 2. The van der Waals surface area contributed by atoms with Crippen LogP contribution in [0.2, 0.25) is 5.02 Å². The lowest BCUT2D eigenvalue weighted by Gasteiger charge is -2.31. The Kier molecular flexibility index (Phi) is 5.60. The predicted octanol–water partition coefficient (Wildman–Crippen LogP) is 3.52. The van der Waals surface area contributed by atoms with Crippen LogP contribution in [0.15, 0.2) is 53.4 Å². The van der Waals surface area contributed by atoms with E-state index in [1.165, 1.54) is 52.8 Å². The fraction of sp³-hybridized carbons (Fsp3) is 0.278. The highest BCUT2D eigenvalue weighted by Gasteiger charge is 2.33. The zero-order valence-corrected chi connectivity index (χ0v) is 15.4. The van der Waals surface area contributed by atoms with Crippen molar-refractivity contribution in [3.63, 3.8) is 0 Å². The highest BCUT2D eigenvalue weighted by atomic mass is 35.5. The van der Waals surface area contributed by atoms with Gasteiger partial charge < -0.3 is 5.32 Å². The molecule has 8 heteroatoms. The number of anilines is 1. The Bertz CT molecular complexity index is 886. The van der Waals surface area contributed by atoms with Gasteiger partial charge in [0, 0.05) is 23.8 Å². The predicted molar refractivity (Wildman–Crippen MR) is 98.0 cm³/mol. The zero-order valence-electron chi connectivity index (χ0n) is 13.9. The van der Waals surface area contributed by atoms with Gasteiger partial charge >= 0.3 is 0 Å². The van der Waals surface area contributed by atoms with Gasteiger partial charge in [-0.1, -0.05) is 11.6 Å².